The van der Waals surface area contributed by atoms with Gasteiger partial charge in [-0.05, 0) is 39.7 Å². The zero-order valence-electron chi connectivity index (χ0n) is 11.5. The molecule has 0 aromatic heterocycles. The molecule has 0 saturated carbocycles. The maximum Gasteiger partial charge on any atom is 0.157 e. The number of rotatable bonds is 5. The van der Waals surface area contributed by atoms with E-state index in [1.165, 1.54) is 0 Å². The van der Waals surface area contributed by atoms with Crippen molar-refractivity contribution in [3.05, 3.63) is 35.4 Å². The summed E-state index contributed by atoms with van der Waals surface area (Å²) in [5.41, 5.74) is 0.919. The first kappa shape index (κ1) is 15.2. The third kappa shape index (κ3) is 4.42. The van der Waals surface area contributed by atoms with Crippen LogP contribution in [0.5, 0.6) is 0 Å². The fourth-order valence-corrected chi connectivity index (χ4v) is 3.40. The van der Waals surface area contributed by atoms with Crippen LogP contribution in [0, 0.1) is 6.92 Å². The van der Waals surface area contributed by atoms with Crippen molar-refractivity contribution in [1.29, 1.82) is 0 Å². The fourth-order valence-electron chi connectivity index (χ4n) is 1.70. The van der Waals surface area contributed by atoms with Crippen molar-refractivity contribution < 1.29 is 13.5 Å². The van der Waals surface area contributed by atoms with Gasteiger partial charge in [0.25, 0.3) is 0 Å². The van der Waals surface area contributed by atoms with Crippen molar-refractivity contribution in [2.24, 2.45) is 0 Å². The average Bonchev–Trinajstić information content (AvgIpc) is 2.25. The first-order chi connectivity index (χ1) is 8.12. The van der Waals surface area contributed by atoms with Crippen molar-refractivity contribution in [1.82, 2.24) is 0 Å². The highest BCUT2D eigenvalue weighted by molar-refractivity contribution is 7.91. The Kier molecular flexibility index (Phi) is 4.56. The molecule has 4 heteroatoms. The van der Waals surface area contributed by atoms with E-state index in [4.69, 9.17) is 0 Å². The lowest BCUT2D eigenvalue weighted by Gasteiger charge is -2.19. The zero-order chi connectivity index (χ0) is 14.0. The Morgan fingerprint density at radius 2 is 1.94 bits per heavy atom. The molecule has 0 aliphatic rings. The van der Waals surface area contributed by atoms with Crippen LogP contribution < -0.4 is 0 Å². The smallest absolute Gasteiger partial charge is 0.157 e. The number of benzene rings is 1. The molecule has 0 saturated heterocycles. The molecule has 1 atom stereocenters. The topological polar surface area (TPSA) is 54.4 Å². The summed E-state index contributed by atoms with van der Waals surface area (Å²) in [6.45, 7) is 6.90. The number of hydrogen-bond acceptors (Lipinski definition) is 3. The standard InChI is InChI=1S/C14H22O3S/c1-11-6-5-7-13(10-11)12(2)18(16,17)9-8-14(3,4)15/h5-7,10,12,15H,8-9H2,1-4H3. The summed E-state index contributed by atoms with van der Waals surface area (Å²) in [5, 5.41) is 9.08. The summed E-state index contributed by atoms with van der Waals surface area (Å²) in [7, 11) is -3.22. The molecule has 0 aliphatic heterocycles. The molecule has 102 valence electrons. The van der Waals surface area contributed by atoms with E-state index in [2.05, 4.69) is 0 Å². The van der Waals surface area contributed by atoms with E-state index in [1.807, 2.05) is 31.2 Å². The van der Waals surface area contributed by atoms with E-state index < -0.39 is 20.7 Å². The van der Waals surface area contributed by atoms with Gasteiger partial charge in [0.2, 0.25) is 0 Å². The van der Waals surface area contributed by atoms with Gasteiger partial charge in [-0.15, -0.1) is 0 Å². The Bertz CT molecular complexity index is 498. The molecule has 0 radical (unpaired) electrons. The van der Waals surface area contributed by atoms with Crippen LogP contribution in [-0.4, -0.2) is 24.9 Å². The predicted molar refractivity (Wildman–Crippen MR) is 74.3 cm³/mol. The largest absolute Gasteiger partial charge is 0.390 e. The highest BCUT2D eigenvalue weighted by Crippen LogP contribution is 2.25. The fraction of sp³-hybridized carbons (Fsp3) is 0.571. The zero-order valence-corrected chi connectivity index (χ0v) is 12.3. The molecule has 1 N–H and O–H groups in total. The summed E-state index contributed by atoms with van der Waals surface area (Å²) >= 11 is 0. The second-order valence-corrected chi connectivity index (χ2v) is 7.93. The Labute approximate surface area is 110 Å². The van der Waals surface area contributed by atoms with Gasteiger partial charge < -0.3 is 5.11 Å². The van der Waals surface area contributed by atoms with Crippen molar-refractivity contribution in [2.75, 3.05) is 5.75 Å². The van der Waals surface area contributed by atoms with Crippen LogP contribution in [0.1, 0.15) is 43.6 Å². The van der Waals surface area contributed by atoms with Gasteiger partial charge in [-0.3, -0.25) is 0 Å². The van der Waals surface area contributed by atoms with Gasteiger partial charge in [0.1, 0.15) is 0 Å². The van der Waals surface area contributed by atoms with Gasteiger partial charge in [-0.1, -0.05) is 29.8 Å². The van der Waals surface area contributed by atoms with Crippen molar-refractivity contribution >= 4 is 9.84 Å². The predicted octanol–water partition coefficient (Wildman–Crippen LogP) is 2.63. The van der Waals surface area contributed by atoms with Crippen molar-refractivity contribution in [3.63, 3.8) is 0 Å². The molecule has 3 nitrogen and oxygen atoms in total. The Morgan fingerprint density at radius 3 is 2.44 bits per heavy atom. The molecule has 1 aromatic rings. The molecular weight excluding hydrogens is 248 g/mol. The van der Waals surface area contributed by atoms with Crippen LogP contribution in [0.25, 0.3) is 0 Å². The van der Waals surface area contributed by atoms with E-state index in [-0.39, 0.29) is 12.2 Å². The molecule has 0 aliphatic carbocycles. The monoisotopic (exact) mass is 270 g/mol. The third-order valence-electron chi connectivity index (χ3n) is 3.05. The van der Waals surface area contributed by atoms with Crippen LogP contribution >= 0.6 is 0 Å². The molecule has 0 fully saturated rings. The van der Waals surface area contributed by atoms with Crippen LogP contribution in [0.3, 0.4) is 0 Å². The minimum Gasteiger partial charge on any atom is -0.390 e. The number of aliphatic hydroxyl groups is 1. The minimum atomic E-state index is -3.22. The molecule has 0 spiro atoms. The Balaban J connectivity index is 2.86. The molecule has 1 rings (SSSR count). The molecular formula is C14H22O3S. The van der Waals surface area contributed by atoms with Gasteiger partial charge in [-0.2, -0.15) is 0 Å². The maximum atomic E-state index is 12.2. The minimum absolute atomic E-state index is 0.00556. The lowest BCUT2D eigenvalue weighted by Crippen LogP contribution is -2.25. The number of hydrogen-bond donors (Lipinski definition) is 1. The average molecular weight is 270 g/mol. The first-order valence-corrected chi connectivity index (χ1v) is 7.84. The maximum absolute atomic E-state index is 12.2. The molecule has 1 aromatic carbocycles. The van der Waals surface area contributed by atoms with E-state index in [0.717, 1.165) is 11.1 Å². The number of sulfone groups is 1. The van der Waals surface area contributed by atoms with Crippen LogP contribution in [0.2, 0.25) is 0 Å². The second kappa shape index (κ2) is 5.41. The summed E-state index contributed by atoms with van der Waals surface area (Å²) in [5.74, 6) is 0.00556. The van der Waals surface area contributed by atoms with E-state index >= 15 is 0 Å². The van der Waals surface area contributed by atoms with Gasteiger partial charge in [0, 0.05) is 0 Å². The molecule has 0 amide bonds. The van der Waals surface area contributed by atoms with E-state index in [9.17, 15) is 13.5 Å². The molecule has 0 bridgehead atoms. The quantitative estimate of drug-likeness (QED) is 0.895. The highest BCUT2D eigenvalue weighted by atomic mass is 32.2. The van der Waals surface area contributed by atoms with Crippen LogP contribution in [0.15, 0.2) is 24.3 Å². The van der Waals surface area contributed by atoms with E-state index in [1.54, 1.807) is 20.8 Å². The highest BCUT2D eigenvalue weighted by Gasteiger charge is 2.25. The normalized spacial score (nSPS) is 14.5. The Morgan fingerprint density at radius 1 is 1.33 bits per heavy atom. The van der Waals surface area contributed by atoms with Crippen molar-refractivity contribution in [3.8, 4) is 0 Å². The lowest BCUT2D eigenvalue weighted by atomic mass is 10.1. The van der Waals surface area contributed by atoms with E-state index in [0.29, 0.717) is 0 Å². The van der Waals surface area contributed by atoms with Gasteiger partial charge >= 0.3 is 0 Å². The van der Waals surface area contributed by atoms with Crippen molar-refractivity contribution in [2.45, 2.75) is 45.0 Å². The molecule has 18 heavy (non-hydrogen) atoms. The number of aryl methyl sites for hydroxylation is 1. The van der Waals surface area contributed by atoms with Crippen LogP contribution in [-0.2, 0) is 9.84 Å². The van der Waals surface area contributed by atoms with Gasteiger partial charge in [0.15, 0.2) is 9.84 Å². The van der Waals surface area contributed by atoms with Gasteiger partial charge in [0.05, 0.1) is 16.6 Å². The molecule has 0 heterocycles. The lowest BCUT2D eigenvalue weighted by molar-refractivity contribution is 0.0772. The second-order valence-electron chi connectivity index (χ2n) is 5.49. The third-order valence-corrected chi connectivity index (χ3v) is 5.17. The van der Waals surface area contributed by atoms with Gasteiger partial charge in [-0.25, -0.2) is 8.42 Å². The Hall–Kier alpha value is -0.870. The summed E-state index contributed by atoms with van der Waals surface area (Å²) in [6, 6.07) is 7.54. The SMILES string of the molecule is Cc1cccc(C(C)S(=O)(=O)CCC(C)(C)O)c1. The van der Waals surface area contributed by atoms with Crippen LogP contribution in [0.4, 0.5) is 0 Å². The summed E-state index contributed by atoms with van der Waals surface area (Å²) in [4.78, 5) is 0. The first-order valence-electron chi connectivity index (χ1n) is 6.12. The molecule has 1 unspecified atom stereocenters. The summed E-state index contributed by atoms with van der Waals surface area (Å²) in [6.07, 6.45) is 0.255. The summed E-state index contributed by atoms with van der Waals surface area (Å²) < 4.78 is 24.4.